The fourth-order valence-electron chi connectivity index (χ4n) is 4.48. The standard InChI is InChI=1S/C15H25NO2/c1-16(9-15(10-17)4-5-18-11-15)8-14-7-12-2-3-13(14)6-12/h10,12-14H,2-9,11H2,1H3. The fraction of sp³-hybridized carbons (Fsp3) is 0.933. The SMILES string of the molecule is CN(CC1CC2CCC1C2)CC1(C=O)CCOC1. The molecule has 0 aromatic rings. The highest BCUT2D eigenvalue weighted by Gasteiger charge is 2.41. The van der Waals surface area contributed by atoms with E-state index in [4.69, 9.17) is 4.74 Å². The van der Waals surface area contributed by atoms with Crippen molar-refractivity contribution in [3.05, 3.63) is 0 Å². The number of carbonyl (C=O) groups is 1. The second-order valence-electron chi connectivity index (χ2n) is 6.91. The molecule has 102 valence electrons. The Kier molecular flexibility index (Phi) is 3.46. The van der Waals surface area contributed by atoms with Crippen molar-refractivity contribution in [2.45, 2.75) is 32.1 Å². The predicted molar refractivity (Wildman–Crippen MR) is 70.4 cm³/mol. The summed E-state index contributed by atoms with van der Waals surface area (Å²) < 4.78 is 5.41. The summed E-state index contributed by atoms with van der Waals surface area (Å²) in [5.74, 6) is 2.88. The molecule has 0 amide bonds. The molecular formula is C15H25NO2. The van der Waals surface area contributed by atoms with Crippen LogP contribution < -0.4 is 0 Å². The molecular weight excluding hydrogens is 226 g/mol. The van der Waals surface area contributed by atoms with Crippen LogP contribution >= 0.6 is 0 Å². The monoisotopic (exact) mass is 251 g/mol. The van der Waals surface area contributed by atoms with E-state index >= 15 is 0 Å². The normalized spacial score (nSPS) is 42.9. The van der Waals surface area contributed by atoms with Crippen molar-refractivity contribution in [2.75, 3.05) is 33.4 Å². The molecule has 0 aromatic heterocycles. The van der Waals surface area contributed by atoms with Crippen LogP contribution in [0, 0.1) is 23.2 Å². The van der Waals surface area contributed by atoms with E-state index in [-0.39, 0.29) is 5.41 Å². The predicted octanol–water partition coefficient (Wildman–Crippen LogP) is 1.96. The second-order valence-corrected chi connectivity index (χ2v) is 6.91. The van der Waals surface area contributed by atoms with Crippen LogP contribution in [-0.2, 0) is 9.53 Å². The average Bonchev–Trinajstić information content (AvgIpc) is 3.04. The number of hydrogen-bond donors (Lipinski definition) is 0. The van der Waals surface area contributed by atoms with Crippen LogP contribution in [0.4, 0.5) is 0 Å². The molecule has 2 bridgehead atoms. The topological polar surface area (TPSA) is 29.5 Å². The van der Waals surface area contributed by atoms with Gasteiger partial charge in [0.05, 0.1) is 12.0 Å². The molecule has 0 spiro atoms. The summed E-state index contributed by atoms with van der Waals surface area (Å²) in [5.41, 5.74) is -0.216. The van der Waals surface area contributed by atoms with Crippen LogP contribution in [0.15, 0.2) is 0 Å². The van der Waals surface area contributed by atoms with Gasteiger partial charge in [-0.2, -0.15) is 0 Å². The molecule has 3 heteroatoms. The van der Waals surface area contributed by atoms with Gasteiger partial charge >= 0.3 is 0 Å². The van der Waals surface area contributed by atoms with Gasteiger partial charge in [0.25, 0.3) is 0 Å². The van der Waals surface area contributed by atoms with Crippen molar-refractivity contribution >= 4 is 6.29 Å². The van der Waals surface area contributed by atoms with Gasteiger partial charge in [0.2, 0.25) is 0 Å². The summed E-state index contributed by atoms with van der Waals surface area (Å²) in [6.45, 7) is 3.43. The van der Waals surface area contributed by atoms with E-state index < -0.39 is 0 Å². The lowest BCUT2D eigenvalue weighted by molar-refractivity contribution is -0.117. The molecule has 18 heavy (non-hydrogen) atoms. The Balaban J connectivity index is 1.52. The third-order valence-electron chi connectivity index (χ3n) is 5.40. The average molecular weight is 251 g/mol. The minimum absolute atomic E-state index is 0.216. The van der Waals surface area contributed by atoms with Gasteiger partial charge in [-0.3, -0.25) is 0 Å². The number of fused-ring (bicyclic) bond motifs is 2. The lowest BCUT2D eigenvalue weighted by atomic mass is 9.86. The molecule has 2 aliphatic carbocycles. The Morgan fingerprint density at radius 2 is 2.28 bits per heavy atom. The summed E-state index contributed by atoms with van der Waals surface area (Å²) in [6.07, 6.45) is 7.86. The van der Waals surface area contributed by atoms with Gasteiger partial charge in [-0.1, -0.05) is 6.42 Å². The maximum absolute atomic E-state index is 11.3. The van der Waals surface area contributed by atoms with E-state index in [2.05, 4.69) is 11.9 Å². The molecule has 3 nitrogen and oxygen atoms in total. The number of nitrogens with zero attached hydrogens (tertiary/aromatic N) is 1. The summed E-state index contributed by atoms with van der Waals surface area (Å²) in [6, 6.07) is 0. The first kappa shape index (κ1) is 12.6. The summed E-state index contributed by atoms with van der Waals surface area (Å²) in [4.78, 5) is 13.7. The number of carbonyl (C=O) groups excluding carboxylic acids is 1. The first-order valence-corrected chi connectivity index (χ1v) is 7.43. The lowest BCUT2D eigenvalue weighted by Crippen LogP contribution is -2.40. The zero-order valence-electron chi connectivity index (χ0n) is 11.4. The number of aldehydes is 1. The quantitative estimate of drug-likeness (QED) is 0.700. The summed E-state index contributed by atoms with van der Waals surface area (Å²) in [5, 5.41) is 0. The van der Waals surface area contributed by atoms with E-state index in [1.807, 2.05) is 0 Å². The van der Waals surface area contributed by atoms with Gasteiger partial charge in [0, 0.05) is 19.7 Å². The van der Waals surface area contributed by atoms with Gasteiger partial charge < -0.3 is 14.4 Å². The maximum Gasteiger partial charge on any atom is 0.129 e. The minimum atomic E-state index is -0.216. The Morgan fingerprint density at radius 1 is 1.39 bits per heavy atom. The molecule has 3 aliphatic rings. The fourth-order valence-corrected chi connectivity index (χ4v) is 4.48. The van der Waals surface area contributed by atoms with Crippen molar-refractivity contribution in [3.63, 3.8) is 0 Å². The van der Waals surface area contributed by atoms with Crippen LogP contribution in [0.5, 0.6) is 0 Å². The Hall–Kier alpha value is -0.410. The van der Waals surface area contributed by atoms with Crippen molar-refractivity contribution in [2.24, 2.45) is 23.2 Å². The number of rotatable bonds is 5. The Labute approximate surface area is 110 Å². The van der Waals surface area contributed by atoms with Gasteiger partial charge in [0.15, 0.2) is 0 Å². The maximum atomic E-state index is 11.3. The zero-order valence-corrected chi connectivity index (χ0v) is 11.4. The van der Waals surface area contributed by atoms with E-state index in [1.165, 1.54) is 32.2 Å². The van der Waals surface area contributed by atoms with Crippen LogP contribution in [0.3, 0.4) is 0 Å². The molecule has 0 radical (unpaired) electrons. The van der Waals surface area contributed by atoms with E-state index in [0.717, 1.165) is 43.6 Å². The summed E-state index contributed by atoms with van der Waals surface area (Å²) in [7, 11) is 2.18. The van der Waals surface area contributed by atoms with Gasteiger partial charge in [-0.15, -0.1) is 0 Å². The Morgan fingerprint density at radius 3 is 2.83 bits per heavy atom. The molecule has 2 saturated carbocycles. The number of hydrogen-bond acceptors (Lipinski definition) is 3. The van der Waals surface area contributed by atoms with Gasteiger partial charge in [0.1, 0.15) is 6.29 Å². The van der Waals surface area contributed by atoms with Crippen molar-refractivity contribution in [3.8, 4) is 0 Å². The van der Waals surface area contributed by atoms with Crippen molar-refractivity contribution in [1.29, 1.82) is 0 Å². The van der Waals surface area contributed by atoms with E-state index in [1.54, 1.807) is 0 Å². The molecule has 4 unspecified atom stereocenters. The molecule has 1 aliphatic heterocycles. The first-order valence-electron chi connectivity index (χ1n) is 7.43. The molecule has 4 atom stereocenters. The molecule has 3 fully saturated rings. The van der Waals surface area contributed by atoms with Crippen molar-refractivity contribution in [1.82, 2.24) is 4.90 Å². The zero-order chi connectivity index (χ0) is 12.6. The highest BCUT2D eigenvalue weighted by atomic mass is 16.5. The van der Waals surface area contributed by atoms with E-state index in [0.29, 0.717) is 6.61 Å². The van der Waals surface area contributed by atoms with Crippen LogP contribution in [0.1, 0.15) is 32.1 Å². The van der Waals surface area contributed by atoms with Crippen LogP contribution in [0.25, 0.3) is 0 Å². The largest absolute Gasteiger partial charge is 0.380 e. The summed E-state index contributed by atoms with van der Waals surface area (Å²) >= 11 is 0. The van der Waals surface area contributed by atoms with Crippen LogP contribution in [-0.4, -0.2) is 44.5 Å². The second kappa shape index (κ2) is 4.93. The smallest absolute Gasteiger partial charge is 0.129 e. The van der Waals surface area contributed by atoms with Gasteiger partial charge in [-0.25, -0.2) is 0 Å². The minimum Gasteiger partial charge on any atom is -0.380 e. The molecule has 1 saturated heterocycles. The third-order valence-corrected chi connectivity index (χ3v) is 5.40. The highest BCUT2D eigenvalue weighted by Crippen LogP contribution is 2.48. The van der Waals surface area contributed by atoms with Crippen LogP contribution in [0.2, 0.25) is 0 Å². The van der Waals surface area contributed by atoms with Crippen molar-refractivity contribution < 1.29 is 9.53 Å². The van der Waals surface area contributed by atoms with E-state index in [9.17, 15) is 4.79 Å². The molecule has 3 rings (SSSR count). The highest BCUT2D eigenvalue weighted by molar-refractivity contribution is 5.60. The molecule has 1 heterocycles. The lowest BCUT2D eigenvalue weighted by Gasteiger charge is -2.31. The molecule has 0 aromatic carbocycles. The third kappa shape index (κ3) is 2.35. The Bertz CT molecular complexity index is 312. The van der Waals surface area contributed by atoms with Gasteiger partial charge in [-0.05, 0) is 50.5 Å². The first-order chi connectivity index (χ1) is 8.71. The molecule has 0 N–H and O–H groups in total. The number of ether oxygens (including phenoxy) is 1.